The third-order valence-corrected chi connectivity index (χ3v) is 3.60. The van der Waals surface area contributed by atoms with E-state index >= 15 is 0 Å². The number of methoxy groups -OCH3 is 1. The van der Waals surface area contributed by atoms with E-state index < -0.39 is 5.91 Å². The van der Waals surface area contributed by atoms with Crippen molar-refractivity contribution in [2.24, 2.45) is 10.7 Å². The van der Waals surface area contributed by atoms with Crippen LogP contribution in [-0.2, 0) is 13.1 Å². The zero-order valence-electron chi connectivity index (χ0n) is 14.6. The Morgan fingerprint density at radius 2 is 1.88 bits per heavy atom. The number of nitrogens with two attached hydrogens (primary N) is 1. The molecule has 0 radical (unpaired) electrons. The standard InChI is InChI=1S/C19H24N4O2/c1-3-21-19(23-13-15-5-4-6-17(11-15)25-2)22-12-14-7-9-16(10-8-14)18(20)24/h4-11H,3,12-13H2,1-2H3,(H2,20,24)(H2,21,22,23). The monoisotopic (exact) mass is 340 g/mol. The van der Waals surface area contributed by atoms with Gasteiger partial charge in [-0.15, -0.1) is 0 Å². The Bertz CT molecular complexity index is 726. The quantitative estimate of drug-likeness (QED) is 0.532. The molecule has 2 aromatic carbocycles. The second kappa shape index (κ2) is 9.32. The van der Waals surface area contributed by atoms with Crippen LogP contribution in [0.2, 0.25) is 0 Å². The Morgan fingerprint density at radius 1 is 1.12 bits per heavy atom. The third-order valence-electron chi connectivity index (χ3n) is 3.60. The second-order valence-corrected chi connectivity index (χ2v) is 5.46. The minimum atomic E-state index is -0.423. The van der Waals surface area contributed by atoms with Gasteiger partial charge < -0.3 is 21.1 Å². The van der Waals surface area contributed by atoms with Gasteiger partial charge in [0.05, 0.1) is 13.7 Å². The van der Waals surface area contributed by atoms with Crippen LogP contribution >= 0.6 is 0 Å². The average molecular weight is 340 g/mol. The van der Waals surface area contributed by atoms with Gasteiger partial charge in [-0.25, -0.2) is 4.99 Å². The molecule has 0 aliphatic rings. The summed E-state index contributed by atoms with van der Waals surface area (Å²) in [5.74, 6) is 1.12. The van der Waals surface area contributed by atoms with E-state index in [2.05, 4.69) is 15.6 Å². The van der Waals surface area contributed by atoms with E-state index in [-0.39, 0.29) is 0 Å². The number of amides is 1. The Hall–Kier alpha value is -3.02. The van der Waals surface area contributed by atoms with Gasteiger partial charge in [-0.3, -0.25) is 4.79 Å². The molecule has 0 saturated heterocycles. The molecule has 0 fully saturated rings. The summed E-state index contributed by atoms with van der Waals surface area (Å²) in [6.07, 6.45) is 0. The molecular weight excluding hydrogens is 316 g/mol. The first-order valence-corrected chi connectivity index (χ1v) is 8.16. The molecule has 6 heteroatoms. The zero-order chi connectivity index (χ0) is 18.1. The lowest BCUT2D eigenvalue weighted by atomic mass is 10.1. The number of carbonyl (C=O) groups is 1. The van der Waals surface area contributed by atoms with Gasteiger partial charge in [0.15, 0.2) is 5.96 Å². The molecule has 6 nitrogen and oxygen atoms in total. The maximum Gasteiger partial charge on any atom is 0.248 e. The number of carbonyl (C=O) groups excluding carboxylic acids is 1. The highest BCUT2D eigenvalue weighted by Gasteiger charge is 2.02. The number of aliphatic imine (C=N–C) groups is 1. The average Bonchev–Trinajstić information content (AvgIpc) is 2.64. The molecule has 0 aliphatic carbocycles. The Kier molecular flexibility index (Phi) is 6.83. The summed E-state index contributed by atoms with van der Waals surface area (Å²) in [5.41, 5.74) is 7.86. The van der Waals surface area contributed by atoms with E-state index in [9.17, 15) is 4.79 Å². The van der Waals surface area contributed by atoms with Crippen LogP contribution in [0.4, 0.5) is 0 Å². The Balaban J connectivity index is 1.98. The van der Waals surface area contributed by atoms with Crippen LogP contribution in [0.25, 0.3) is 0 Å². The molecule has 0 saturated carbocycles. The van der Waals surface area contributed by atoms with Gasteiger partial charge in [-0.05, 0) is 42.3 Å². The number of rotatable bonds is 7. The van der Waals surface area contributed by atoms with Crippen molar-refractivity contribution in [1.82, 2.24) is 10.6 Å². The van der Waals surface area contributed by atoms with Gasteiger partial charge >= 0.3 is 0 Å². The number of benzene rings is 2. The molecule has 2 aromatic rings. The fourth-order valence-corrected chi connectivity index (χ4v) is 2.26. The normalized spacial score (nSPS) is 11.0. The molecular formula is C19H24N4O2. The number of hydrogen-bond donors (Lipinski definition) is 3. The highest BCUT2D eigenvalue weighted by Crippen LogP contribution is 2.13. The molecule has 0 spiro atoms. The number of ether oxygens (including phenoxy) is 1. The van der Waals surface area contributed by atoms with E-state index in [0.29, 0.717) is 18.7 Å². The van der Waals surface area contributed by atoms with E-state index in [1.807, 2.05) is 43.3 Å². The summed E-state index contributed by atoms with van der Waals surface area (Å²) >= 11 is 0. The van der Waals surface area contributed by atoms with Gasteiger partial charge in [-0.2, -0.15) is 0 Å². The van der Waals surface area contributed by atoms with Crippen molar-refractivity contribution in [2.75, 3.05) is 13.7 Å². The van der Waals surface area contributed by atoms with Crippen LogP contribution < -0.4 is 21.1 Å². The predicted molar refractivity (Wildman–Crippen MR) is 99.6 cm³/mol. The maximum absolute atomic E-state index is 11.1. The SMILES string of the molecule is CCNC(=NCc1cccc(OC)c1)NCc1ccc(C(N)=O)cc1. The summed E-state index contributed by atoms with van der Waals surface area (Å²) in [6, 6.07) is 15.0. The van der Waals surface area contributed by atoms with E-state index in [1.54, 1.807) is 19.2 Å². The van der Waals surface area contributed by atoms with Gasteiger partial charge in [0.25, 0.3) is 0 Å². The first kappa shape index (κ1) is 18.3. The number of hydrogen-bond acceptors (Lipinski definition) is 3. The largest absolute Gasteiger partial charge is 0.497 e. The highest BCUT2D eigenvalue weighted by atomic mass is 16.5. The second-order valence-electron chi connectivity index (χ2n) is 5.46. The zero-order valence-corrected chi connectivity index (χ0v) is 14.6. The molecule has 1 amide bonds. The fraction of sp³-hybridized carbons (Fsp3) is 0.263. The molecule has 132 valence electrons. The highest BCUT2D eigenvalue weighted by molar-refractivity contribution is 5.92. The van der Waals surface area contributed by atoms with E-state index in [1.165, 1.54) is 0 Å². The van der Waals surface area contributed by atoms with Gasteiger partial charge in [-0.1, -0.05) is 24.3 Å². The lowest BCUT2D eigenvalue weighted by Crippen LogP contribution is -2.36. The van der Waals surface area contributed by atoms with Crippen molar-refractivity contribution in [3.8, 4) is 5.75 Å². The van der Waals surface area contributed by atoms with Gasteiger partial charge in [0, 0.05) is 18.7 Å². The summed E-state index contributed by atoms with van der Waals surface area (Å²) in [6.45, 7) is 3.94. The molecule has 0 atom stereocenters. The lowest BCUT2D eigenvalue weighted by Gasteiger charge is -2.12. The van der Waals surface area contributed by atoms with Crippen molar-refractivity contribution in [3.63, 3.8) is 0 Å². The molecule has 0 unspecified atom stereocenters. The molecule has 4 N–H and O–H groups in total. The minimum Gasteiger partial charge on any atom is -0.497 e. The van der Waals surface area contributed by atoms with Crippen LogP contribution in [0.15, 0.2) is 53.5 Å². The van der Waals surface area contributed by atoms with E-state index in [4.69, 9.17) is 10.5 Å². The minimum absolute atomic E-state index is 0.423. The van der Waals surface area contributed by atoms with Gasteiger partial charge in [0.2, 0.25) is 5.91 Å². The third kappa shape index (κ3) is 5.84. The first-order chi connectivity index (χ1) is 12.1. The summed E-state index contributed by atoms with van der Waals surface area (Å²) in [4.78, 5) is 15.7. The summed E-state index contributed by atoms with van der Waals surface area (Å²) in [7, 11) is 1.65. The van der Waals surface area contributed by atoms with E-state index in [0.717, 1.165) is 29.4 Å². The van der Waals surface area contributed by atoms with Crippen LogP contribution in [0.1, 0.15) is 28.4 Å². The number of primary amides is 1. The molecule has 0 bridgehead atoms. The molecule has 0 heterocycles. The van der Waals surface area contributed by atoms with Crippen molar-refractivity contribution in [1.29, 1.82) is 0 Å². The van der Waals surface area contributed by atoms with Crippen molar-refractivity contribution >= 4 is 11.9 Å². The van der Waals surface area contributed by atoms with Crippen molar-refractivity contribution < 1.29 is 9.53 Å². The smallest absolute Gasteiger partial charge is 0.248 e. The fourth-order valence-electron chi connectivity index (χ4n) is 2.26. The first-order valence-electron chi connectivity index (χ1n) is 8.16. The van der Waals surface area contributed by atoms with Crippen LogP contribution in [-0.4, -0.2) is 25.5 Å². The topological polar surface area (TPSA) is 88.7 Å². The lowest BCUT2D eigenvalue weighted by molar-refractivity contribution is 0.100. The van der Waals surface area contributed by atoms with Crippen LogP contribution in [0.5, 0.6) is 5.75 Å². The van der Waals surface area contributed by atoms with Gasteiger partial charge in [0.1, 0.15) is 5.75 Å². The predicted octanol–water partition coefficient (Wildman–Crippen LogP) is 2.05. The molecule has 0 aliphatic heterocycles. The number of nitrogens with one attached hydrogen (secondary N) is 2. The molecule has 2 rings (SSSR count). The summed E-state index contributed by atoms with van der Waals surface area (Å²) < 4.78 is 5.23. The Labute approximate surface area is 148 Å². The number of guanidine groups is 1. The molecule has 0 aromatic heterocycles. The summed E-state index contributed by atoms with van der Waals surface area (Å²) in [5, 5.41) is 6.49. The van der Waals surface area contributed by atoms with Crippen LogP contribution in [0.3, 0.4) is 0 Å². The molecule has 25 heavy (non-hydrogen) atoms. The van der Waals surface area contributed by atoms with Crippen LogP contribution in [0, 0.1) is 0 Å². The maximum atomic E-state index is 11.1. The van der Waals surface area contributed by atoms with Crippen molar-refractivity contribution in [2.45, 2.75) is 20.0 Å². The van der Waals surface area contributed by atoms with Crippen molar-refractivity contribution in [3.05, 3.63) is 65.2 Å². The number of nitrogens with zero attached hydrogens (tertiary/aromatic N) is 1. The Morgan fingerprint density at radius 3 is 2.52 bits per heavy atom.